The summed E-state index contributed by atoms with van der Waals surface area (Å²) in [5, 5.41) is 2.84. The molecule has 3 nitrogen and oxygen atoms in total. The molecule has 0 saturated carbocycles. The molecule has 1 N–H and O–H groups in total. The standard InChI is InChI=1S/C13H25FN2O/c1-9(2)11-5-6-16(7-12(11)14)8-13(17)15-10(3)4/h9-12H,5-8H2,1-4H3,(H,15,17). The third-order valence-electron chi connectivity index (χ3n) is 3.35. The van der Waals surface area contributed by atoms with Crippen LogP contribution in [0.15, 0.2) is 0 Å². The van der Waals surface area contributed by atoms with Crippen molar-refractivity contribution >= 4 is 5.91 Å². The predicted octanol–water partition coefficient (Wildman–Crippen LogP) is 1.83. The van der Waals surface area contributed by atoms with E-state index in [1.807, 2.05) is 18.7 Å². The lowest BCUT2D eigenvalue weighted by molar-refractivity contribution is -0.123. The number of halogens is 1. The molecule has 0 spiro atoms. The fourth-order valence-corrected chi connectivity index (χ4v) is 2.45. The molecule has 1 rings (SSSR count). The fourth-order valence-electron chi connectivity index (χ4n) is 2.45. The van der Waals surface area contributed by atoms with Gasteiger partial charge < -0.3 is 5.32 Å². The second kappa shape index (κ2) is 6.34. The van der Waals surface area contributed by atoms with Crippen molar-refractivity contribution in [1.29, 1.82) is 0 Å². The molecule has 4 heteroatoms. The number of hydrogen-bond acceptors (Lipinski definition) is 2. The Morgan fingerprint density at radius 1 is 1.41 bits per heavy atom. The molecular weight excluding hydrogens is 219 g/mol. The zero-order valence-corrected chi connectivity index (χ0v) is 11.4. The van der Waals surface area contributed by atoms with Gasteiger partial charge in [-0.1, -0.05) is 13.8 Å². The highest BCUT2D eigenvalue weighted by Crippen LogP contribution is 2.26. The second-order valence-corrected chi connectivity index (χ2v) is 5.67. The van der Waals surface area contributed by atoms with Gasteiger partial charge in [0.05, 0.1) is 6.54 Å². The minimum absolute atomic E-state index is 0.00445. The Labute approximate surface area is 104 Å². The summed E-state index contributed by atoms with van der Waals surface area (Å²) in [5.74, 6) is 0.534. The summed E-state index contributed by atoms with van der Waals surface area (Å²) >= 11 is 0. The van der Waals surface area contributed by atoms with E-state index in [1.54, 1.807) is 0 Å². The van der Waals surface area contributed by atoms with Crippen LogP contribution in [-0.2, 0) is 4.79 Å². The Hall–Kier alpha value is -0.640. The molecule has 1 heterocycles. The Balaban J connectivity index is 2.37. The van der Waals surface area contributed by atoms with E-state index in [-0.39, 0.29) is 17.9 Å². The third-order valence-corrected chi connectivity index (χ3v) is 3.35. The third kappa shape index (κ3) is 4.62. The van der Waals surface area contributed by atoms with Gasteiger partial charge in [0.2, 0.25) is 5.91 Å². The number of nitrogens with one attached hydrogen (secondary N) is 1. The number of alkyl halides is 1. The average molecular weight is 244 g/mol. The van der Waals surface area contributed by atoms with Crippen molar-refractivity contribution in [3.63, 3.8) is 0 Å². The van der Waals surface area contributed by atoms with Gasteiger partial charge in [-0.15, -0.1) is 0 Å². The molecule has 0 aromatic rings. The van der Waals surface area contributed by atoms with Gasteiger partial charge in [0, 0.05) is 12.6 Å². The number of carbonyl (C=O) groups is 1. The van der Waals surface area contributed by atoms with Gasteiger partial charge in [-0.05, 0) is 38.6 Å². The molecule has 100 valence electrons. The van der Waals surface area contributed by atoms with Gasteiger partial charge in [-0.25, -0.2) is 4.39 Å². The summed E-state index contributed by atoms with van der Waals surface area (Å²) in [5.41, 5.74) is 0. The topological polar surface area (TPSA) is 32.3 Å². The van der Waals surface area contributed by atoms with Crippen molar-refractivity contribution in [2.45, 2.75) is 46.3 Å². The number of hydrogen-bond donors (Lipinski definition) is 1. The van der Waals surface area contributed by atoms with Crippen LogP contribution in [0, 0.1) is 11.8 Å². The van der Waals surface area contributed by atoms with Crippen LogP contribution in [0.25, 0.3) is 0 Å². The fraction of sp³-hybridized carbons (Fsp3) is 0.923. The van der Waals surface area contributed by atoms with Crippen LogP contribution < -0.4 is 5.32 Å². The van der Waals surface area contributed by atoms with E-state index in [4.69, 9.17) is 0 Å². The maximum Gasteiger partial charge on any atom is 0.234 e. The minimum atomic E-state index is -0.796. The van der Waals surface area contributed by atoms with Crippen molar-refractivity contribution in [2.75, 3.05) is 19.6 Å². The van der Waals surface area contributed by atoms with E-state index in [0.29, 0.717) is 19.0 Å². The van der Waals surface area contributed by atoms with Crippen LogP contribution in [0.2, 0.25) is 0 Å². The number of carbonyl (C=O) groups excluding carboxylic acids is 1. The minimum Gasteiger partial charge on any atom is -0.353 e. The van der Waals surface area contributed by atoms with Gasteiger partial charge >= 0.3 is 0 Å². The molecule has 1 fully saturated rings. The number of likely N-dealkylation sites (tertiary alicyclic amines) is 1. The Bertz CT molecular complexity index is 256. The van der Waals surface area contributed by atoms with Crippen molar-refractivity contribution in [1.82, 2.24) is 10.2 Å². The van der Waals surface area contributed by atoms with Crippen LogP contribution in [0.3, 0.4) is 0 Å². The molecule has 1 amide bonds. The van der Waals surface area contributed by atoms with Crippen LogP contribution in [0.5, 0.6) is 0 Å². The van der Waals surface area contributed by atoms with E-state index >= 15 is 0 Å². The van der Waals surface area contributed by atoms with Gasteiger partial charge in [0.25, 0.3) is 0 Å². The predicted molar refractivity (Wildman–Crippen MR) is 67.6 cm³/mol. The number of piperidine rings is 1. The molecule has 2 atom stereocenters. The molecule has 17 heavy (non-hydrogen) atoms. The Morgan fingerprint density at radius 3 is 2.53 bits per heavy atom. The number of nitrogens with zero attached hydrogens (tertiary/aromatic N) is 1. The van der Waals surface area contributed by atoms with Gasteiger partial charge in [-0.2, -0.15) is 0 Å². The summed E-state index contributed by atoms with van der Waals surface area (Å²) in [6, 6.07) is 0.150. The van der Waals surface area contributed by atoms with E-state index < -0.39 is 6.17 Å². The number of rotatable bonds is 4. The summed E-state index contributed by atoms with van der Waals surface area (Å²) in [6.07, 6.45) is 0.0592. The van der Waals surface area contributed by atoms with Gasteiger partial charge in [0.15, 0.2) is 0 Å². The lowest BCUT2D eigenvalue weighted by atomic mass is 9.85. The van der Waals surface area contributed by atoms with Crippen LogP contribution in [-0.4, -0.2) is 42.7 Å². The first-order valence-electron chi connectivity index (χ1n) is 6.56. The largest absolute Gasteiger partial charge is 0.353 e. The molecular formula is C13H25FN2O. The van der Waals surface area contributed by atoms with Crippen molar-refractivity contribution in [3.8, 4) is 0 Å². The second-order valence-electron chi connectivity index (χ2n) is 5.67. The van der Waals surface area contributed by atoms with Gasteiger partial charge in [-0.3, -0.25) is 9.69 Å². The van der Waals surface area contributed by atoms with E-state index in [9.17, 15) is 9.18 Å². The zero-order valence-electron chi connectivity index (χ0n) is 11.4. The summed E-state index contributed by atoms with van der Waals surface area (Å²) < 4.78 is 13.9. The zero-order chi connectivity index (χ0) is 13.0. The molecule has 0 bridgehead atoms. The van der Waals surface area contributed by atoms with E-state index in [0.717, 1.165) is 13.0 Å². The van der Waals surface area contributed by atoms with E-state index in [1.165, 1.54) is 0 Å². The average Bonchev–Trinajstić information content (AvgIpc) is 2.15. The monoisotopic (exact) mass is 244 g/mol. The molecule has 2 unspecified atom stereocenters. The lowest BCUT2D eigenvalue weighted by Gasteiger charge is -2.36. The SMILES string of the molecule is CC(C)NC(=O)CN1CCC(C(C)C)C(F)C1. The first-order valence-corrected chi connectivity index (χ1v) is 6.56. The maximum atomic E-state index is 13.9. The quantitative estimate of drug-likeness (QED) is 0.818. The van der Waals surface area contributed by atoms with Crippen LogP contribution >= 0.6 is 0 Å². The maximum absolute atomic E-state index is 13.9. The molecule has 1 aliphatic rings. The molecule has 1 aliphatic heterocycles. The van der Waals surface area contributed by atoms with Crippen LogP contribution in [0.1, 0.15) is 34.1 Å². The molecule has 0 radical (unpaired) electrons. The number of amides is 1. The Kier molecular flexibility index (Phi) is 5.37. The molecule has 1 saturated heterocycles. The molecule has 0 aromatic heterocycles. The van der Waals surface area contributed by atoms with Crippen molar-refractivity contribution < 1.29 is 9.18 Å². The Morgan fingerprint density at radius 2 is 2.06 bits per heavy atom. The lowest BCUT2D eigenvalue weighted by Crippen LogP contribution is -2.48. The smallest absolute Gasteiger partial charge is 0.234 e. The van der Waals surface area contributed by atoms with Crippen LogP contribution in [0.4, 0.5) is 4.39 Å². The summed E-state index contributed by atoms with van der Waals surface area (Å²) in [7, 11) is 0. The van der Waals surface area contributed by atoms with Crippen molar-refractivity contribution in [2.24, 2.45) is 11.8 Å². The normalized spacial score (nSPS) is 26.5. The highest BCUT2D eigenvalue weighted by atomic mass is 19.1. The van der Waals surface area contributed by atoms with Gasteiger partial charge in [0.1, 0.15) is 6.17 Å². The summed E-state index contributed by atoms with van der Waals surface area (Å²) in [6.45, 7) is 9.55. The first-order chi connectivity index (χ1) is 7.90. The van der Waals surface area contributed by atoms with E-state index in [2.05, 4.69) is 19.2 Å². The molecule has 0 aliphatic carbocycles. The first kappa shape index (κ1) is 14.4. The van der Waals surface area contributed by atoms with Crippen molar-refractivity contribution in [3.05, 3.63) is 0 Å². The highest BCUT2D eigenvalue weighted by molar-refractivity contribution is 5.78. The summed E-state index contributed by atoms with van der Waals surface area (Å²) in [4.78, 5) is 13.5. The highest BCUT2D eigenvalue weighted by Gasteiger charge is 2.31. The molecule has 0 aromatic carbocycles.